The van der Waals surface area contributed by atoms with Crippen molar-refractivity contribution < 1.29 is 9.53 Å². The maximum atomic E-state index is 12.0. The van der Waals surface area contributed by atoms with Crippen molar-refractivity contribution in [1.29, 1.82) is 0 Å². The molecule has 0 saturated carbocycles. The smallest absolute Gasteiger partial charge is 0.258 e. The van der Waals surface area contributed by atoms with Gasteiger partial charge in [0.05, 0.1) is 6.54 Å². The molecule has 0 saturated heterocycles. The summed E-state index contributed by atoms with van der Waals surface area (Å²) in [5.74, 6) is 0.597. The van der Waals surface area contributed by atoms with Crippen molar-refractivity contribution >= 4 is 5.91 Å². The van der Waals surface area contributed by atoms with Crippen molar-refractivity contribution in [3.63, 3.8) is 0 Å². The van der Waals surface area contributed by atoms with Crippen LogP contribution in [0.5, 0.6) is 5.75 Å². The van der Waals surface area contributed by atoms with Crippen LogP contribution in [0.1, 0.15) is 22.3 Å². The van der Waals surface area contributed by atoms with Crippen molar-refractivity contribution in [2.24, 2.45) is 0 Å². The molecule has 0 fully saturated rings. The van der Waals surface area contributed by atoms with E-state index in [0.29, 0.717) is 13.1 Å². The van der Waals surface area contributed by atoms with Gasteiger partial charge in [0.2, 0.25) is 0 Å². The lowest BCUT2D eigenvalue weighted by molar-refractivity contribution is -0.123. The van der Waals surface area contributed by atoms with Crippen LogP contribution in [-0.2, 0) is 17.9 Å². The first-order valence-electron chi connectivity index (χ1n) is 8.47. The summed E-state index contributed by atoms with van der Waals surface area (Å²) in [5.41, 5.74) is 4.36. The molecule has 6 nitrogen and oxygen atoms in total. The molecule has 3 rings (SSSR count). The Morgan fingerprint density at radius 1 is 1.12 bits per heavy atom. The van der Waals surface area contributed by atoms with Gasteiger partial charge in [0.15, 0.2) is 6.61 Å². The average molecular weight is 350 g/mol. The predicted octanol–water partition coefficient (Wildman–Crippen LogP) is 2.64. The molecule has 0 aliphatic rings. The summed E-state index contributed by atoms with van der Waals surface area (Å²) < 4.78 is 7.36. The molecule has 0 aliphatic heterocycles. The Morgan fingerprint density at radius 3 is 2.58 bits per heavy atom. The van der Waals surface area contributed by atoms with Crippen molar-refractivity contribution in [2.45, 2.75) is 26.9 Å². The van der Waals surface area contributed by atoms with Crippen molar-refractivity contribution in [3.05, 3.63) is 77.4 Å². The van der Waals surface area contributed by atoms with Gasteiger partial charge in [-0.05, 0) is 36.6 Å². The first kappa shape index (κ1) is 17.7. The first-order chi connectivity index (χ1) is 12.6. The van der Waals surface area contributed by atoms with Crippen LogP contribution in [-0.4, -0.2) is 27.3 Å². The minimum atomic E-state index is -0.142. The number of nitrogens with one attached hydrogen (secondary N) is 1. The van der Waals surface area contributed by atoms with E-state index < -0.39 is 0 Å². The lowest BCUT2D eigenvalue weighted by atomic mass is 10.1. The van der Waals surface area contributed by atoms with Gasteiger partial charge in [-0.2, -0.15) is 5.10 Å². The number of carbonyl (C=O) groups excluding carboxylic acids is 1. The van der Waals surface area contributed by atoms with E-state index >= 15 is 0 Å². The number of amides is 1. The number of ether oxygens (including phenoxy) is 1. The highest BCUT2D eigenvalue weighted by molar-refractivity contribution is 5.77. The van der Waals surface area contributed by atoms with Crippen LogP contribution in [0.15, 0.2) is 55.1 Å². The molecule has 1 heterocycles. The van der Waals surface area contributed by atoms with E-state index in [2.05, 4.69) is 15.4 Å². The van der Waals surface area contributed by atoms with E-state index in [1.165, 1.54) is 11.9 Å². The lowest BCUT2D eigenvalue weighted by Crippen LogP contribution is -2.28. The monoisotopic (exact) mass is 350 g/mol. The molecular weight excluding hydrogens is 328 g/mol. The summed E-state index contributed by atoms with van der Waals surface area (Å²) in [5, 5.41) is 6.96. The number of aryl methyl sites for hydroxylation is 2. The second kappa shape index (κ2) is 8.29. The Hall–Kier alpha value is -3.15. The summed E-state index contributed by atoms with van der Waals surface area (Å²) in [4.78, 5) is 15.9. The Kier molecular flexibility index (Phi) is 5.63. The number of nitrogens with zero attached hydrogens (tertiary/aromatic N) is 3. The summed E-state index contributed by atoms with van der Waals surface area (Å²) in [7, 11) is 0. The van der Waals surface area contributed by atoms with Crippen LogP contribution in [0, 0.1) is 13.8 Å². The molecule has 0 radical (unpaired) electrons. The maximum absolute atomic E-state index is 12.0. The van der Waals surface area contributed by atoms with Gasteiger partial charge >= 0.3 is 0 Å². The highest BCUT2D eigenvalue weighted by atomic mass is 16.5. The third-order valence-electron chi connectivity index (χ3n) is 4.01. The van der Waals surface area contributed by atoms with Gasteiger partial charge in [0.1, 0.15) is 18.4 Å². The molecule has 0 spiro atoms. The van der Waals surface area contributed by atoms with E-state index in [0.717, 1.165) is 22.4 Å². The van der Waals surface area contributed by atoms with Gasteiger partial charge in [-0.3, -0.25) is 4.79 Å². The molecule has 0 bridgehead atoms. The normalized spacial score (nSPS) is 10.5. The highest BCUT2D eigenvalue weighted by Gasteiger charge is 2.05. The zero-order valence-corrected chi connectivity index (χ0v) is 15.0. The lowest BCUT2D eigenvalue weighted by Gasteiger charge is -2.10. The highest BCUT2D eigenvalue weighted by Crippen LogP contribution is 2.18. The summed E-state index contributed by atoms with van der Waals surface area (Å²) in [6.07, 6.45) is 3.20. The van der Waals surface area contributed by atoms with Gasteiger partial charge in [-0.25, -0.2) is 9.67 Å². The van der Waals surface area contributed by atoms with Crippen LogP contribution < -0.4 is 10.1 Å². The number of hydrogen-bond donors (Lipinski definition) is 1. The Bertz CT molecular complexity index is 858. The van der Waals surface area contributed by atoms with Crippen molar-refractivity contribution in [3.8, 4) is 5.75 Å². The summed E-state index contributed by atoms with van der Waals surface area (Å²) >= 11 is 0. The predicted molar refractivity (Wildman–Crippen MR) is 98.8 cm³/mol. The molecule has 26 heavy (non-hydrogen) atoms. The number of rotatable bonds is 7. The Morgan fingerprint density at radius 2 is 1.88 bits per heavy atom. The van der Waals surface area contributed by atoms with Gasteiger partial charge in [-0.15, -0.1) is 0 Å². The number of aromatic nitrogens is 3. The second-order valence-corrected chi connectivity index (χ2v) is 6.24. The molecule has 3 aromatic rings. The van der Waals surface area contributed by atoms with E-state index in [4.69, 9.17) is 4.74 Å². The minimum Gasteiger partial charge on any atom is -0.484 e. The van der Waals surface area contributed by atoms with Gasteiger partial charge < -0.3 is 10.1 Å². The zero-order chi connectivity index (χ0) is 18.4. The maximum Gasteiger partial charge on any atom is 0.258 e. The largest absolute Gasteiger partial charge is 0.484 e. The fourth-order valence-electron chi connectivity index (χ4n) is 2.62. The Balaban J connectivity index is 1.45. The van der Waals surface area contributed by atoms with Crippen LogP contribution in [0.25, 0.3) is 0 Å². The number of carbonyl (C=O) groups is 1. The quantitative estimate of drug-likeness (QED) is 0.711. The molecule has 2 aromatic carbocycles. The fraction of sp³-hybridized carbons (Fsp3) is 0.250. The third-order valence-corrected chi connectivity index (χ3v) is 4.01. The molecule has 0 atom stereocenters. The van der Waals surface area contributed by atoms with E-state index in [-0.39, 0.29) is 12.5 Å². The minimum absolute atomic E-state index is 0.00822. The molecular formula is C20H22N4O2. The number of benzene rings is 2. The third kappa shape index (κ3) is 4.92. The summed E-state index contributed by atoms with van der Waals surface area (Å²) in [6.45, 7) is 5.16. The van der Waals surface area contributed by atoms with Crippen molar-refractivity contribution in [1.82, 2.24) is 20.1 Å². The average Bonchev–Trinajstić information content (AvgIpc) is 3.13. The number of hydrogen-bond acceptors (Lipinski definition) is 4. The van der Waals surface area contributed by atoms with E-state index in [1.54, 1.807) is 11.0 Å². The molecule has 1 aromatic heterocycles. The van der Waals surface area contributed by atoms with Gasteiger partial charge in [0, 0.05) is 6.54 Å². The first-order valence-corrected chi connectivity index (χ1v) is 8.47. The molecule has 134 valence electrons. The molecule has 1 N–H and O–H groups in total. The molecule has 0 aliphatic carbocycles. The summed E-state index contributed by atoms with van der Waals surface area (Å²) in [6, 6.07) is 13.9. The molecule has 0 unspecified atom stereocenters. The molecule has 1 amide bonds. The van der Waals surface area contributed by atoms with Crippen LogP contribution in [0.4, 0.5) is 0 Å². The van der Waals surface area contributed by atoms with Gasteiger partial charge in [0.25, 0.3) is 5.91 Å². The fourth-order valence-corrected chi connectivity index (χ4v) is 2.62. The van der Waals surface area contributed by atoms with Crippen molar-refractivity contribution in [2.75, 3.05) is 6.61 Å². The van der Waals surface area contributed by atoms with E-state index in [9.17, 15) is 4.79 Å². The standard InChI is InChI=1S/C20H22N4O2/c1-15-3-8-19(16(2)9-15)26-12-20(25)22-10-17-4-6-18(7-5-17)11-24-14-21-13-23-24/h3-9,13-14H,10-12H2,1-2H3,(H,22,25). The molecule has 6 heteroatoms. The Labute approximate surface area is 152 Å². The second-order valence-electron chi connectivity index (χ2n) is 6.24. The SMILES string of the molecule is Cc1ccc(OCC(=O)NCc2ccc(Cn3cncn3)cc2)c(C)c1. The van der Waals surface area contributed by atoms with Crippen LogP contribution >= 0.6 is 0 Å². The van der Waals surface area contributed by atoms with Crippen LogP contribution in [0.2, 0.25) is 0 Å². The van der Waals surface area contributed by atoms with E-state index in [1.807, 2.05) is 56.3 Å². The zero-order valence-electron chi connectivity index (χ0n) is 15.0. The van der Waals surface area contributed by atoms with Gasteiger partial charge in [-0.1, -0.05) is 42.0 Å². The van der Waals surface area contributed by atoms with Crippen LogP contribution in [0.3, 0.4) is 0 Å². The topological polar surface area (TPSA) is 69.0 Å².